The van der Waals surface area contributed by atoms with Gasteiger partial charge in [0.1, 0.15) is 11.4 Å². The van der Waals surface area contributed by atoms with Crippen molar-refractivity contribution in [1.29, 1.82) is 0 Å². The molecule has 1 aliphatic heterocycles. The SMILES string of the molecule is Cn1cc(C2(C)CN(CC(=O)NCc3ccco3)CCO2)cn1. The molecule has 0 radical (unpaired) electrons. The molecule has 2 aromatic heterocycles. The number of rotatable bonds is 5. The molecule has 1 unspecified atom stereocenters. The molecule has 124 valence electrons. The van der Waals surface area contributed by atoms with Crippen LogP contribution >= 0.6 is 0 Å². The topological polar surface area (TPSA) is 72.5 Å². The van der Waals surface area contributed by atoms with Gasteiger partial charge in [-0.25, -0.2) is 0 Å². The molecule has 0 spiro atoms. The lowest BCUT2D eigenvalue weighted by atomic mass is 9.97. The Hall–Kier alpha value is -2.12. The molecule has 7 nitrogen and oxygen atoms in total. The summed E-state index contributed by atoms with van der Waals surface area (Å²) in [5.41, 5.74) is 0.592. The van der Waals surface area contributed by atoms with Crippen LogP contribution in [0.4, 0.5) is 0 Å². The van der Waals surface area contributed by atoms with Crippen LogP contribution in [0.15, 0.2) is 35.2 Å². The summed E-state index contributed by atoms with van der Waals surface area (Å²) in [5.74, 6) is 0.734. The van der Waals surface area contributed by atoms with E-state index in [1.807, 2.05) is 38.5 Å². The van der Waals surface area contributed by atoms with Gasteiger partial charge in [-0.05, 0) is 19.1 Å². The number of nitrogens with zero attached hydrogens (tertiary/aromatic N) is 3. The van der Waals surface area contributed by atoms with Crippen LogP contribution in [0.25, 0.3) is 0 Å². The molecule has 23 heavy (non-hydrogen) atoms. The summed E-state index contributed by atoms with van der Waals surface area (Å²) in [7, 11) is 1.88. The Morgan fingerprint density at radius 1 is 1.52 bits per heavy atom. The minimum absolute atomic E-state index is 0.0168. The van der Waals surface area contributed by atoms with Crippen molar-refractivity contribution in [3.63, 3.8) is 0 Å². The first-order valence-corrected chi connectivity index (χ1v) is 7.70. The molecule has 0 aromatic carbocycles. The summed E-state index contributed by atoms with van der Waals surface area (Å²) >= 11 is 0. The lowest BCUT2D eigenvalue weighted by Crippen LogP contribution is -2.50. The third kappa shape index (κ3) is 3.80. The van der Waals surface area contributed by atoms with Crippen molar-refractivity contribution in [1.82, 2.24) is 20.0 Å². The second-order valence-corrected chi connectivity index (χ2v) is 6.05. The van der Waals surface area contributed by atoms with Gasteiger partial charge in [-0.2, -0.15) is 5.10 Å². The number of amides is 1. The van der Waals surface area contributed by atoms with Gasteiger partial charge in [0.2, 0.25) is 5.91 Å². The number of carbonyl (C=O) groups excluding carboxylic acids is 1. The number of nitrogens with one attached hydrogen (secondary N) is 1. The zero-order valence-corrected chi connectivity index (χ0v) is 13.5. The summed E-state index contributed by atoms with van der Waals surface area (Å²) in [6.45, 7) is 4.79. The largest absolute Gasteiger partial charge is 0.467 e. The fourth-order valence-electron chi connectivity index (χ4n) is 2.81. The maximum Gasteiger partial charge on any atom is 0.234 e. The fraction of sp³-hybridized carbons (Fsp3) is 0.500. The molecule has 1 saturated heterocycles. The summed E-state index contributed by atoms with van der Waals surface area (Å²) in [6.07, 6.45) is 5.38. The van der Waals surface area contributed by atoms with Crippen LogP contribution in [0.1, 0.15) is 18.2 Å². The quantitative estimate of drug-likeness (QED) is 0.886. The van der Waals surface area contributed by atoms with Crippen molar-refractivity contribution in [2.45, 2.75) is 19.1 Å². The predicted octanol–water partition coefficient (Wildman–Crippen LogP) is 0.877. The number of aryl methyl sites for hydroxylation is 1. The van der Waals surface area contributed by atoms with Crippen molar-refractivity contribution >= 4 is 5.91 Å². The first kappa shape index (κ1) is 15.8. The average molecular weight is 318 g/mol. The molecule has 1 fully saturated rings. The van der Waals surface area contributed by atoms with Gasteiger partial charge in [-0.1, -0.05) is 0 Å². The lowest BCUT2D eigenvalue weighted by Gasteiger charge is -2.39. The number of hydrogen-bond acceptors (Lipinski definition) is 5. The normalized spacial score (nSPS) is 22.2. The highest BCUT2D eigenvalue weighted by Crippen LogP contribution is 2.28. The van der Waals surface area contributed by atoms with Gasteiger partial charge in [0.25, 0.3) is 0 Å². The number of aromatic nitrogens is 2. The van der Waals surface area contributed by atoms with Gasteiger partial charge >= 0.3 is 0 Å². The van der Waals surface area contributed by atoms with Crippen LogP contribution in [-0.2, 0) is 28.7 Å². The van der Waals surface area contributed by atoms with E-state index in [-0.39, 0.29) is 5.91 Å². The Morgan fingerprint density at radius 3 is 3.09 bits per heavy atom. The Morgan fingerprint density at radius 2 is 2.39 bits per heavy atom. The van der Waals surface area contributed by atoms with E-state index in [9.17, 15) is 4.79 Å². The van der Waals surface area contributed by atoms with Gasteiger partial charge in [0.05, 0.1) is 32.2 Å². The van der Waals surface area contributed by atoms with Gasteiger partial charge < -0.3 is 14.5 Å². The zero-order chi connectivity index (χ0) is 16.3. The Labute approximate surface area is 135 Å². The summed E-state index contributed by atoms with van der Waals surface area (Å²) < 4.78 is 12.9. The van der Waals surface area contributed by atoms with Crippen LogP contribution in [0.3, 0.4) is 0 Å². The van der Waals surface area contributed by atoms with Crippen molar-refractivity contribution < 1.29 is 13.9 Å². The van der Waals surface area contributed by atoms with Crippen LogP contribution in [-0.4, -0.2) is 46.8 Å². The van der Waals surface area contributed by atoms with E-state index in [1.165, 1.54) is 0 Å². The first-order valence-electron chi connectivity index (χ1n) is 7.70. The molecular weight excluding hydrogens is 296 g/mol. The number of morpholine rings is 1. The lowest BCUT2D eigenvalue weighted by molar-refractivity contribution is -0.130. The molecule has 3 rings (SSSR count). The van der Waals surface area contributed by atoms with E-state index in [1.54, 1.807) is 10.9 Å². The van der Waals surface area contributed by atoms with Gasteiger partial charge in [0.15, 0.2) is 0 Å². The summed E-state index contributed by atoms with van der Waals surface area (Å²) in [6, 6.07) is 3.65. The second-order valence-electron chi connectivity index (χ2n) is 6.05. The van der Waals surface area contributed by atoms with Gasteiger partial charge in [-0.15, -0.1) is 0 Å². The Kier molecular flexibility index (Phi) is 4.49. The van der Waals surface area contributed by atoms with Crippen molar-refractivity contribution in [2.24, 2.45) is 7.05 Å². The van der Waals surface area contributed by atoms with E-state index in [2.05, 4.69) is 15.3 Å². The molecule has 0 saturated carbocycles. The van der Waals surface area contributed by atoms with Gasteiger partial charge in [-0.3, -0.25) is 14.4 Å². The number of ether oxygens (including phenoxy) is 1. The molecule has 1 atom stereocenters. The van der Waals surface area contributed by atoms with E-state index in [4.69, 9.17) is 9.15 Å². The molecule has 3 heterocycles. The molecule has 7 heteroatoms. The average Bonchev–Trinajstić information content (AvgIpc) is 3.17. The maximum absolute atomic E-state index is 12.1. The smallest absolute Gasteiger partial charge is 0.234 e. The number of carbonyl (C=O) groups is 1. The van der Waals surface area contributed by atoms with E-state index >= 15 is 0 Å². The minimum atomic E-state index is -0.437. The predicted molar refractivity (Wildman–Crippen MR) is 83.5 cm³/mol. The summed E-state index contributed by atoms with van der Waals surface area (Å²) in [5, 5.41) is 7.08. The molecule has 1 amide bonds. The van der Waals surface area contributed by atoms with E-state index in [0.29, 0.717) is 26.2 Å². The minimum Gasteiger partial charge on any atom is -0.467 e. The molecule has 0 aliphatic carbocycles. The monoisotopic (exact) mass is 318 g/mol. The Bertz CT molecular complexity index is 652. The third-order valence-corrected chi connectivity index (χ3v) is 4.08. The van der Waals surface area contributed by atoms with Crippen LogP contribution in [0.2, 0.25) is 0 Å². The molecular formula is C16H22N4O3. The van der Waals surface area contributed by atoms with Gasteiger partial charge in [0, 0.05) is 31.9 Å². The van der Waals surface area contributed by atoms with Crippen LogP contribution < -0.4 is 5.32 Å². The number of furan rings is 1. The molecule has 1 aliphatic rings. The van der Waals surface area contributed by atoms with E-state index in [0.717, 1.165) is 17.9 Å². The molecule has 0 bridgehead atoms. The third-order valence-electron chi connectivity index (χ3n) is 4.08. The van der Waals surface area contributed by atoms with Crippen molar-refractivity contribution in [2.75, 3.05) is 26.2 Å². The van der Waals surface area contributed by atoms with Crippen molar-refractivity contribution in [3.05, 3.63) is 42.1 Å². The first-order chi connectivity index (χ1) is 11.0. The molecule has 2 aromatic rings. The highest BCUT2D eigenvalue weighted by atomic mass is 16.5. The van der Waals surface area contributed by atoms with Crippen molar-refractivity contribution in [3.8, 4) is 0 Å². The second kappa shape index (κ2) is 6.55. The van der Waals surface area contributed by atoms with E-state index < -0.39 is 5.60 Å². The fourth-order valence-corrected chi connectivity index (χ4v) is 2.81. The maximum atomic E-state index is 12.1. The highest BCUT2D eigenvalue weighted by Gasteiger charge is 2.35. The standard InChI is InChI=1S/C16H22N4O3/c1-16(13-8-18-19(2)10-13)12-20(5-7-23-16)11-15(21)17-9-14-4-3-6-22-14/h3-4,6,8,10H,5,7,9,11-12H2,1-2H3,(H,17,21). The number of hydrogen-bond donors (Lipinski definition) is 1. The highest BCUT2D eigenvalue weighted by molar-refractivity contribution is 5.77. The van der Waals surface area contributed by atoms with Crippen LogP contribution in [0.5, 0.6) is 0 Å². The molecule has 1 N–H and O–H groups in total. The zero-order valence-electron chi connectivity index (χ0n) is 13.5. The summed E-state index contributed by atoms with van der Waals surface area (Å²) in [4.78, 5) is 14.2. The Balaban J connectivity index is 1.55. The van der Waals surface area contributed by atoms with Crippen LogP contribution in [0, 0.1) is 0 Å².